The lowest BCUT2D eigenvalue weighted by molar-refractivity contribution is -0.124. The molecule has 0 atom stereocenters. The van der Waals surface area contributed by atoms with Crippen molar-refractivity contribution in [2.75, 3.05) is 20.3 Å². The van der Waals surface area contributed by atoms with Crippen LogP contribution in [-0.2, 0) is 9.53 Å². The number of hydrogen-bond acceptors (Lipinski definition) is 4. The average molecular weight is 226 g/mol. The Morgan fingerprint density at radius 1 is 1.38 bits per heavy atom. The number of halogens is 1. The van der Waals surface area contributed by atoms with Crippen molar-refractivity contribution < 1.29 is 23.5 Å². The summed E-state index contributed by atoms with van der Waals surface area (Å²) in [5, 5.41) is 0. The fraction of sp³-hybridized carbons (Fsp3) is 0.273. The standard InChI is InChI=1S/C11H11FO4/c1-15-6-10(14)7-16-11-3-8(5-13)2-9(12)4-11/h2-5H,6-7H2,1H3. The number of carbonyl (C=O) groups is 2. The highest BCUT2D eigenvalue weighted by molar-refractivity contribution is 5.81. The lowest BCUT2D eigenvalue weighted by Gasteiger charge is -2.05. The van der Waals surface area contributed by atoms with Crippen molar-refractivity contribution >= 4 is 12.1 Å². The summed E-state index contributed by atoms with van der Waals surface area (Å²) in [5.74, 6) is -0.704. The van der Waals surface area contributed by atoms with Crippen LogP contribution in [0.2, 0.25) is 0 Å². The van der Waals surface area contributed by atoms with E-state index in [0.717, 1.165) is 12.1 Å². The largest absolute Gasteiger partial charge is 0.486 e. The molecule has 0 saturated heterocycles. The maximum absolute atomic E-state index is 12.9. The van der Waals surface area contributed by atoms with Gasteiger partial charge in [0.1, 0.15) is 31.1 Å². The molecule has 0 radical (unpaired) electrons. The van der Waals surface area contributed by atoms with Crippen LogP contribution in [0.4, 0.5) is 4.39 Å². The van der Waals surface area contributed by atoms with Gasteiger partial charge < -0.3 is 9.47 Å². The van der Waals surface area contributed by atoms with Gasteiger partial charge >= 0.3 is 0 Å². The van der Waals surface area contributed by atoms with Crippen LogP contribution in [0.25, 0.3) is 0 Å². The summed E-state index contributed by atoms with van der Waals surface area (Å²) in [6.45, 7) is -0.272. The number of ether oxygens (including phenoxy) is 2. The van der Waals surface area contributed by atoms with E-state index in [1.807, 2.05) is 0 Å². The number of ketones is 1. The normalized spacial score (nSPS) is 9.88. The van der Waals surface area contributed by atoms with Gasteiger partial charge in [-0.1, -0.05) is 0 Å². The highest BCUT2D eigenvalue weighted by Gasteiger charge is 2.05. The topological polar surface area (TPSA) is 52.6 Å². The van der Waals surface area contributed by atoms with Gasteiger partial charge in [0.15, 0.2) is 5.78 Å². The van der Waals surface area contributed by atoms with Crippen molar-refractivity contribution in [2.24, 2.45) is 0 Å². The minimum atomic E-state index is -0.584. The minimum Gasteiger partial charge on any atom is -0.486 e. The van der Waals surface area contributed by atoms with Crippen LogP contribution in [-0.4, -0.2) is 32.4 Å². The van der Waals surface area contributed by atoms with Crippen molar-refractivity contribution in [3.8, 4) is 5.75 Å². The third kappa shape index (κ3) is 3.78. The Kier molecular flexibility index (Phi) is 4.60. The Morgan fingerprint density at radius 3 is 2.75 bits per heavy atom. The molecule has 0 unspecified atom stereocenters. The van der Waals surface area contributed by atoms with E-state index in [9.17, 15) is 14.0 Å². The van der Waals surface area contributed by atoms with Crippen molar-refractivity contribution in [2.45, 2.75) is 0 Å². The summed E-state index contributed by atoms with van der Waals surface area (Å²) < 4.78 is 22.6. The fourth-order valence-electron chi connectivity index (χ4n) is 1.10. The van der Waals surface area contributed by atoms with Crippen molar-refractivity contribution in [3.63, 3.8) is 0 Å². The van der Waals surface area contributed by atoms with E-state index >= 15 is 0 Å². The number of rotatable bonds is 6. The number of Topliss-reactive ketones (excluding diaryl/α,β-unsaturated/α-hetero) is 1. The maximum atomic E-state index is 12.9. The van der Waals surface area contributed by atoms with Crippen LogP contribution < -0.4 is 4.74 Å². The molecule has 0 spiro atoms. The maximum Gasteiger partial charge on any atom is 0.195 e. The second-order valence-corrected chi connectivity index (χ2v) is 3.10. The second-order valence-electron chi connectivity index (χ2n) is 3.10. The van der Waals surface area contributed by atoms with E-state index in [2.05, 4.69) is 4.74 Å². The number of aldehydes is 1. The van der Waals surface area contributed by atoms with E-state index in [-0.39, 0.29) is 30.3 Å². The van der Waals surface area contributed by atoms with E-state index in [4.69, 9.17) is 4.74 Å². The molecule has 1 aromatic carbocycles. The predicted octanol–water partition coefficient (Wildman–Crippen LogP) is 1.23. The lowest BCUT2D eigenvalue weighted by Crippen LogP contribution is -2.16. The Morgan fingerprint density at radius 2 is 2.12 bits per heavy atom. The monoisotopic (exact) mass is 226 g/mol. The molecule has 0 fully saturated rings. The van der Waals surface area contributed by atoms with Crippen LogP contribution in [0.15, 0.2) is 18.2 Å². The highest BCUT2D eigenvalue weighted by atomic mass is 19.1. The van der Waals surface area contributed by atoms with E-state index in [1.54, 1.807) is 0 Å². The molecule has 0 aromatic heterocycles. The van der Waals surface area contributed by atoms with Gasteiger partial charge in [-0.2, -0.15) is 0 Å². The molecule has 0 bridgehead atoms. The third-order valence-corrected chi connectivity index (χ3v) is 1.73. The van der Waals surface area contributed by atoms with Gasteiger partial charge in [-0.15, -0.1) is 0 Å². The average Bonchev–Trinajstić information content (AvgIpc) is 2.26. The van der Waals surface area contributed by atoms with Gasteiger partial charge in [0.2, 0.25) is 0 Å². The molecule has 0 N–H and O–H groups in total. The molecule has 0 saturated carbocycles. The fourth-order valence-corrected chi connectivity index (χ4v) is 1.10. The van der Waals surface area contributed by atoms with Gasteiger partial charge in [0, 0.05) is 18.7 Å². The minimum absolute atomic E-state index is 0.0597. The highest BCUT2D eigenvalue weighted by Crippen LogP contribution is 2.15. The molecule has 16 heavy (non-hydrogen) atoms. The smallest absolute Gasteiger partial charge is 0.195 e. The zero-order chi connectivity index (χ0) is 12.0. The van der Waals surface area contributed by atoms with Gasteiger partial charge in [0.05, 0.1) is 0 Å². The van der Waals surface area contributed by atoms with Gasteiger partial charge in [-0.3, -0.25) is 9.59 Å². The van der Waals surface area contributed by atoms with Crippen molar-refractivity contribution in [1.29, 1.82) is 0 Å². The van der Waals surface area contributed by atoms with E-state index in [0.29, 0.717) is 6.29 Å². The van der Waals surface area contributed by atoms with Crippen molar-refractivity contribution in [3.05, 3.63) is 29.6 Å². The molecular formula is C11H11FO4. The molecule has 0 aliphatic heterocycles. The Labute approximate surface area is 92.0 Å². The lowest BCUT2D eigenvalue weighted by atomic mass is 10.2. The van der Waals surface area contributed by atoms with Crippen LogP contribution in [0, 0.1) is 5.82 Å². The molecule has 0 heterocycles. The van der Waals surface area contributed by atoms with Gasteiger partial charge in [-0.05, 0) is 12.1 Å². The van der Waals surface area contributed by atoms with Crippen molar-refractivity contribution in [1.82, 2.24) is 0 Å². The van der Waals surface area contributed by atoms with Gasteiger partial charge in [-0.25, -0.2) is 4.39 Å². The first-order chi connectivity index (χ1) is 7.65. The Balaban J connectivity index is 2.63. The number of benzene rings is 1. The first-order valence-electron chi connectivity index (χ1n) is 4.55. The molecular weight excluding hydrogens is 215 g/mol. The third-order valence-electron chi connectivity index (χ3n) is 1.73. The van der Waals surface area contributed by atoms with E-state index in [1.165, 1.54) is 13.2 Å². The Bertz CT molecular complexity index is 390. The SMILES string of the molecule is COCC(=O)COc1cc(F)cc(C=O)c1. The summed E-state index contributed by atoms with van der Waals surface area (Å²) in [7, 11) is 1.39. The summed E-state index contributed by atoms with van der Waals surface area (Å²) in [5.41, 5.74) is 0.161. The number of carbonyl (C=O) groups excluding carboxylic acids is 2. The molecule has 1 rings (SSSR count). The van der Waals surface area contributed by atoms with E-state index < -0.39 is 5.82 Å². The predicted molar refractivity (Wildman–Crippen MR) is 54.2 cm³/mol. The summed E-state index contributed by atoms with van der Waals surface area (Å²) >= 11 is 0. The molecule has 86 valence electrons. The molecule has 0 amide bonds. The first kappa shape index (κ1) is 12.3. The molecule has 5 heteroatoms. The molecule has 4 nitrogen and oxygen atoms in total. The number of methoxy groups -OCH3 is 1. The van der Waals surface area contributed by atoms with Crippen LogP contribution in [0.5, 0.6) is 5.75 Å². The van der Waals surface area contributed by atoms with Crippen LogP contribution >= 0.6 is 0 Å². The summed E-state index contributed by atoms with van der Waals surface area (Å²) in [6.07, 6.45) is 0.507. The zero-order valence-electron chi connectivity index (χ0n) is 8.73. The van der Waals surface area contributed by atoms with Crippen LogP contribution in [0.1, 0.15) is 10.4 Å². The summed E-state index contributed by atoms with van der Waals surface area (Å²) in [4.78, 5) is 21.5. The van der Waals surface area contributed by atoms with Gasteiger partial charge in [0.25, 0.3) is 0 Å². The molecule has 1 aromatic rings. The molecule has 0 aliphatic carbocycles. The Hall–Kier alpha value is -1.75. The summed E-state index contributed by atoms with van der Waals surface area (Å²) in [6, 6.07) is 3.54. The van der Waals surface area contributed by atoms with Crippen LogP contribution in [0.3, 0.4) is 0 Å². The molecule has 0 aliphatic rings. The zero-order valence-corrected chi connectivity index (χ0v) is 8.73. The number of hydrogen-bond donors (Lipinski definition) is 0. The first-order valence-corrected chi connectivity index (χ1v) is 4.55. The second kappa shape index (κ2) is 5.97. The quantitative estimate of drug-likeness (QED) is 0.684.